The van der Waals surface area contributed by atoms with E-state index in [0.29, 0.717) is 6.04 Å². The quantitative estimate of drug-likeness (QED) is 0.639. The largest absolute Gasteiger partial charge is 0.497 e. The lowest BCUT2D eigenvalue weighted by Crippen LogP contribution is -2.34. The lowest BCUT2D eigenvalue weighted by molar-refractivity contribution is 0.367. The van der Waals surface area contributed by atoms with Gasteiger partial charge in [-0.2, -0.15) is 0 Å². The molecular formula is C18H31NO. The van der Waals surface area contributed by atoms with Crippen LogP contribution in [0.1, 0.15) is 52.0 Å². The maximum absolute atomic E-state index is 5.18. The molecule has 2 nitrogen and oxygen atoms in total. The van der Waals surface area contributed by atoms with Crippen LogP contribution < -0.4 is 10.1 Å². The monoisotopic (exact) mass is 277 g/mol. The Morgan fingerprint density at radius 3 is 2.35 bits per heavy atom. The first kappa shape index (κ1) is 17.0. The van der Waals surface area contributed by atoms with Crippen LogP contribution in [-0.4, -0.2) is 19.7 Å². The fourth-order valence-corrected chi connectivity index (χ4v) is 2.49. The van der Waals surface area contributed by atoms with Crippen molar-refractivity contribution < 1.29 is 4.74 Å². The fraction of sp³-hybridized carbons (Fsp3) is 0.667. The number of methoxy groups -OCH3 is 1. The van der Waals surface area contributed by atoms with E-state index in [-0.39, 0.29) is 0 Å². The topological polar surface area (TPSA) is 21.3 Å². The maximum atomic E-state index is 5.18. The first-order valence-corrected chi connectivity index (χ1v) is 8.03. The molecule has 1 aromatic carbocycles. The van der Waals surface area contributed by atoms with Crippen LogP contribution in [0.3, 0.4) is 0 Å². The Morgan fingerprint density at radius 1 is 1.10 bits per heavy atom. The second-order valence-corrected chi connectivity index (χ2v) is 5.90. The summed E-state index contributed by atoms with van der Waals surface area (Å²) >= 11 is 0. The molecule has 0 fully saturated rings. The van der Waals surface area contributed by atoms with Gasteiger partial charge >= 0.3 is 0 Å². The summed E-state index contributed by atoms with van der Waals surface area (Å²) in [4.78, 5) is 0. The number of benzene rings is 1. The van der Waals surface area contributed by atoms with Crippen molar-refractivity contribution in [2.75, 3.05) is 13.7 Å². The number of ether oxygens (including phenoxy) is 1. The Kier molecular flexibility index (Phi) is 8.36. The minimum absolute atomic E-state index is 0.672. The zero-order valence-corrected chi connectivity index (χ0v) is 13.6. The molecule has 0 saturated carbocycles. The standard InChI is InChI=1S/C18H31NO/c1-5-14-19-18(15(2)3)9-7-6-8-16-10-12-17(20-4)13-11-16/h10-13,15,18-19H,5-9,14H2,1-4H3. The van der Waals surface area contributed by atoms with Crippen molar-refractivity contribution in [2.24, 2.45) is 5.92 Å². The zero-order valence-electron chi connectivity index (χ0n) is 13.6. The Bertz CT molecular complexity index is 345. The summed E-state index contributed by atoms with van der Waals surface area (Å²) in [5, 5.41) is 3.67. The number of aryl methyl sites for hydroxylation is 1. The number of nitrogens with one attached hydrogen (secondary N) is 1. The minimum Gasteiger partial charge on any atom is -0.497 e. The third-order valence-electron chi connectivity index (χ3n) is 3.85. The molecule has 0 spiro atoms. The molecule has 1 N–H and O–H groups in total. The van der Waals surface area contributed by atoms with Crippen LogP contribution in [0.15, 0.2) is 24.3 Å². The van der Waals surface area contributed by atoms with Crippen molar-refractivity contribution in [1.29, 1.82) is 0 Å². The molecule has 0 radical (unpaired) electrons. The van der Waals surface area contributed by atoms with Gasteiger partial charge in [0, 0.05) is 6.04 Å². The Morgan fingerprint density at radius 2 is 1.80 bits per heavy atom. The van der Waals surface area contributed by atoms with Gasteiger partial charge in [-0.15, -0.1) is 0 Å². The molecule has 1 unspecified atom stereocenters. The lowest BCUT2D eigenvalue weighted by Gasteiger charge is -2.22. The Labute approximate surface area is 124 Å². The molecule has 114 valence electrons. The molecule has 0 saturated heterocycles. The first-order chi connectivity index (χ1) is 9.67. The summed E-state index contributed by atoms with van der Waals surface area (Å²) < 4.78 is 5.18. The van der Waals surface area contributed by atoms with E-state index in [9.17, 15) is 0 Å². The molecule has 20 heavy (non-hydrogen) atoms. The number of rotatable bonds is 10. The van der Waals surface area contributed by atoms with E-state index in [1.807, 2.05) is 0 Å². The van der Waals surface area contributed by atoms with E-state index < -0.39 is 0 Å². The zero-order chi connectivity index (χ0) is 14.8. The first-order valence-electron chi connectivity index (χ1n) is 8.03. The van der Waals surface area contributed by atoms with Crippen LogP contribution in [0.4, 0.5) is 0 Å². The van der Waals surface area contributed by atoms with E-state index in [0.717, 1.165) is 18.2 Å². The second kappa shape index (κ2) is 9.82. The highest BCUT2D eigenvalue weighted by Gasteiger charge is 2.11. The van der Waals surface area contributed by atoms with Crippen molar-refractivity contribution in [1.82, 2.24) is 5.32 Å². The molecule has 0 heterocycles. The molecule has 0 bridgehead atoms. The van der Waals surface area contributed by atoms with E-state index in [4.69, 9.17) is 4.74 Å². The van der Waals surface area contributed by atoms with Gasteiger partial charge in [0.1, 0.15) is 5.75 Å². The van der Waals surface area contributed by atoms with Crippen LogP contribution >= 0.6 is 0 Å². The number of unbranched alkanes of at least 4 members (excludes halogenated alkanes) is 1. The van der Waals surface area contributed by atoms with Gasteiger partial charge in [-0.1, -0.05) is 39.3 Å². The van der Waals surface area contributed by atoms with Gasteiger partial charge in [0.2, 0.25) is 0 Å². The van der Waals surface area contributed by atoms with Gasteiger partial charge in [-0.05, 0) is 55.8 Å². The smallest absolute Gasteiger partial charge is 0.118 e. The molecule has 0 aliphatic rings. The third-order valence-corrected chi connectivity index (χ3v) is 3.85. The Balaban J connectivity index is 2.24. The van der Waals surface area contributed by atoms with Crippen LogP contribution in [-0.2, 0) is 6.42 Å². The van der Waals surface area contributed by atoms with Crippen molar-refractivity contribution in [3.63, 3.8) is 0 Å². The average Bonchev–Trinajstić information content (AvgIpc) is 2.46. The third kappa shape index (κ3) is 6.42. The molecule has 2 heteroatoms. The predicted octanol–water partition coefficient (Wildman–Crippen LogP) is 4.43. The molecule has 1 rings (SSSR count). The van der Waals surface area contributed by atoms with Gasteiger partial charge in [0.25, 0.3) is 0 Å². The van der Waals surface area contributed by atoms with Gasteiger partial charge in [0.05, 0.1) is 7.11 Å². The van der Waals surface area contributed by atoms with Gasteiger partial charge in [-0.3, -0.25) is 0 Å². The van der Waals surface area contributed by atoms with Crippen LogP contribution in [0.5, 0.6) is 5.75 Å². The number of hydrogen-bond donors (Lipinski definition) is 1. The van der Waals surface area contributed by atoms with Gasteiger partial charge in [-0.25, -0.2) is 0 Å². The highest BCUT2D eigenvalue weighted by molar-refractivity contribution is 5.27. The van der Waals surface area contributed by atoms with Crippen LogP contribution in [0, 0.1) is 5.92 Å². The molecule has 1 aromatic rings. The summed E-state index contributed by atoms with van der Waals surface area (Å²) in [7, 11) is 1.71. The normalized spacial score (nSPS) is 12.7. The SMILES string of the molecule is CCCNC(CCCCc1ccc(OC)cc1)C(C)C. The molecule has 0 aromatic heterocycles. The maximum Gasteiger partial charge on any atom is 0.118 e. The summed E-state index contributed by atoms with van der Waals surface area (Å²) in [5.41, 5.74) is 1.41. The van der Waals surface area contributed by atoms with E-state index in [1.165, 1.54) is 37.7 Å². The minimum atomic E-state index is 0.672. The number of hydrogen-bond acceptors (Lipinski definition) is 2. The van der Waals surface area contributed by atoms with Crippen molar-refractivity contribution in [3.8, 4) is 5.75 Å². The van der Waals surface area contributed by atoms with Crippen molar-refractivity contribution in [2.45, 2.75) is 58.9 Å². The summed E-state index contributed by atoms with van der Waals surface area (Å²) in [6.07, 6.45) is 6.24. The summed E-state index contributed by atoms with van der Waals surface area (Å²) in [6.45, 7) is 8.00. The second-order valence-electron chi connectivity index (χ2n) is 5.90. The van der Waals surface area contributed by atoms with Crippen molar-refractivity contribution in [3.05, 3.63) is 29.8 Å². The predicted molar refractivity (Wildman–Crippen MR) is 87.5 cm³/mol. The van der Waals surface area contributed by atoms with E-state index in [1.54, 1.807) is 7.11 Å². The highest BCUT2D eigenvalue weighted by Crippen LogP contribution is 2.15. The average molecular weight is 277 g/mol. The fourth-order valence-electron chi connectivity index (χ4n) is 2.49. The van der Waals surface area contributed by atoms with Crippen LogP contribution in [0.25, 0.3) is 0 Å². The van der Waals surface area contributed by atoms with Gasteiger partial charge in [0.15, 0.2) is 0 Å². The van der Waals surface area contributed by atoms with Crippen molar-refractivity contribution >= 4 is 0 Å². The Hall–Kier alpha value is -1.02. The molecule has 0 aliphatic heterocycles. The molecular weight excluding hydrogens is 246 g/mol. The molecule has 1 atom stereocenters. The van der Waals surface area contributed by atoms with Gasteiger partial charge < -0.3 is 10.1 Å². The highest BCUT2D eigenvalue weighted by atomic mass is 16.5. The summed E-state index contributed by atoms with van der Waals surface area (Å²) in [5.74, 6) is 1.67. The lowest BCUT2D eigenvalue weighted by atomic mass is 9.97. The van der Waals surface area contributed by atoms with E-state index in [2.05, 4.69) is 50.4 Å². The summed E-state index contributed by atoms with van der Waals surface area (Å²) in [6, 6.07) is 9.12. The van der Waals surface area contributed by atoms with Crippen LogP contribution in [0.2, 0.25) is 0 Å². The molecule has 0 amide bonds. The van der Waals surface area contributed by atoms with E-state index >= 15 is 0 Å². The molecule has 0 aliphatic carbocycles.